The fourth-order valence-corrected chi connectivity index (χ4v) is 2.82. The molecular weight excluding hydrogens is 286 g/mol. The second-order valence-electron chi connectivity index (χ2n) is 4.92. The Morgan fingerprint density at radius 3 is 3.00 bits per heavy atom. The number of rotatable bonds is 7. The van der Waals surface area contributed by atoms with Crippen LogP contribution in [0, 0.1) is 0 Å². The predicted molar refractivity (Wildman–Crippen MR) is 83.5 cm³/mol. The quantitative estimate of drug-likeness (QED) is 0.737. The van der Waals surface area contributed by atoms with Crippen molar-refractivity contribution in [2.45, 2.75) is 19.9 Å². The second kappa shape index (κ2) is 7.38. The third-order valence-electron chi connectivity index (χ3n) is 3.30. The van der Waals surface area contributed by atoms with Crippen molar-refractivity contribution in [2.75, 3.05) is 20.2 Å². The number of aryl methyl sites for hydroxylation is 1. The summed E-state index contributed by atoms with van der Waals surface area (Å²) in [6.45, 7) is 3.80. The van der Waals surface area contributed by atoms with Crippen molar-refractivity contribution in [1.82, 2.24) is 14.7 Å². The van der Waals surface area contributed by atoms with E-state index in [-0.39, 0.29) is 5.97 Å². The van der Waals surface area contributed by atoms with Crippen molar-refractivity contribution >= 4 is 17.3 Å². The molecule has 114 valence electrons. The van der Waals surface area contributed by atoms with Gasteiger partial charge in [0.25, 0.3) is 0 Å². The Labute approximate surface area is 129 Å². The molecule has 0 aliphatic rings. The zero-order valence-corrected chi connectivity index (χ0v) is 13.5. The van der Waals surface area contributed by atoms with Crippen LogP contribution in [0.5, 0.6) is 0 Å². The van der Waals surface area contributed by atoms with Crippen molar-refractivity contribution in [3.05, 3.63) is 39.8 Å². The molecule has 0 fully saturated rings. The molecule has 0 N–H and O–H groups in total. The van der Waals surface area contributed by atoms with E-state index in [2.05, 4.69) is 34.6 Å². The first-order valence-electron chi connectivity index (χ1n) is 7.00. The molecule has 0 saturated carbocycles. The van der Waals surface area contributed by atoms with Gasteiger partial charge in [-0.25, -0.2) is 4.79 Å². The number of likely N-dealkylation sites (N-methyl/N-ethyl adjacent to an activating group) is 1. The highest BCUT2D eigenvalue weighted by molar-refractivity contribution is 7.09. The molecule has 2 aromatic rings. The van der Waals surface area contributed by atoms with E-state index < -0.39 is 0 Å². The second-order valence-corrected chi connectivity index (χ2v) is 5.95. The number of carbonyl (C=O) groups is 1. The lowest BCUT2D eigenvalue weighted by Crippen LogP contribution is -2.23. The predicted octanol–water partition coefficient (Wildman–Crippen LogP) is 2.33. The Morgan fingerprint density at radius 1 is 1.52 bits per heavy atom. The fourth-order valence-electron chi connectivity index (χ4n) is 2.12. The van der Waals surface area contributed by atoms with E-state index in [9.17, 15) is 4.79 Å². The van der Waals surface area contributed by atoms with Crippen molar-refractivity contribution in [3.8, 4) is 0 Å². The number of nitrogens with zero attached hydrogens (tertiary/aromatic N) is 3. The molecule has 0 aliphatic carbocycles. The minimum Gasteiger partial charge on any atom is -0.462 e. The Kier molecular flexibility index (Phi) is 5.52. The molecule has 2 rings (SSSR count). The van der Waals surface area contributed by atoms with Crippen LogP contribution in [0.3, 0.4) is 0 Å². The number of aromatic nitrogens is 2. The van der Waals surface area contributed by atoms with Crippen LogP contribution < -0.4 is 0 Å². The summed E-state index contributed by atoms with van der Waals surface area (Å²) in [6, 6.07) is 4.21. The van der Waals surface area contributed by atoms with Crippen LogP contribution in [0.2, 0.25) is 0 Å². The molecule has 21 heavy (non-hydrogen) atoms. The number of hydrogen-bond donors (Lipinski definition) is 0. The molecule has 0 bridgehead atoms. The van der Waals surface area contributed by atoms with E-state index in [4.69, 9.17) is 4.74 Å². The van der Waals surface area contributed by atoms with E-state index in [1.54, 1.807) is 29.1 Å². The van der Waals surface area contributed by atoms with Crippen LogP contribution >= 0.6 is 11.3 Å². The molecule has 6 heteroatoms. The summed E-state index contributed by atoms with van der Waals surface area (Å²) in [7, 11) is 3.90. The van der Waals surface area contributed by atoms with Crippen molar-refractivity contribution in [3.63, 3.8) is 0 Å². The minimum absolute atomic E-state index is 0.299. The maximum Gasteiger partial charge on any atom is 0.341 e. The number of thiophene rings is 1. The van der Waals surface area contributed by atoms with Gasteiger partial charge in [-0.15, -0.1) is 11.3 Å². The first-order chi connectivity index (χ1) is 10.1. The van der Waals surface area contributed by atoms with Crippen LogP contribution in [0.4, 0.5) is 0 Å². The Bertz CT molecular complexity index is 578. The van der Waals surface area contributed by atoms with Crippen LogP contribution in [0.25, 0.3) is 0 Å². The Balaban J connectivity index is 1.98. The van der Waals surface area contributed by atoms with E-state index in [0.29, 0.717) is 18.7 Å². The highest BCUT2D eigenvalue weighted by Crippen LogP contribution is 2.13. The molecular formula is C15H21N3O2S. The van der Waals surface area contributed by atoms with Gasteiger partial charge < -0.3 is 9.64 Å². The number of ether oxygens (including phenoxy) is 1. The highest BCUT2D eigenvalue weighted by atomic mass is 32.1. The smallest absolute Gasteiger partial charge is 0.341 e. The molecule has 0 aliphatic heterocycles. The monoisotopic (exact) mass is 307 g/mol. The third-order valence-corrected chi connectivity index (χ3v) is 4.23. The largest absolute Gasteiger partial charge is 0.462 e. The highest BCUT2D eigenvalue weighted by Gasteiger charge is 2.18. The number of carbonyl (C=O) groups excluding carboxylic acids is 1. The maximum absolute atomic E-state index is 11.9. The van der Waals surface area contributed by atoms with Gasteiger partial charge in [0, 0.05) is 25.0 Å². The van der Waals surface area contributed by atoms with E-state index in [1.165, 1.54) is 4.88 Å². The van der Waals surface area contributed by atoms with Crippen molar-refractivity contribution < 1.29 is 9.53 Å². The van der Waals surface area contributed by atoms with Crippen LogP contribution in [-0.2, 0) is 24.8 Å². The lowest BCUT2D eigenvalue weighted by molar-refractivity contribution is 0.0524. The van der Waals surface area contributed by atoms with Gasteiger partial charge >= 0.3 is 5.97 Å². The summed E-state index contributed by atoms with van der Waals surface area (Å²) in [5, 5.41) is 6.27. The standard InChI is InChI=1S/C15H21N3O2S/c1-4-20-15(19)13-10-16-18(3)14(13)11-17(2)8-7-12-6-5-9-21-12/h5-6,9-10H,4,7-8,11H2,1-3H3. The van der Waals surface area contributed by atoms with Crippen LogP contribution in [0.1, 0.15) is 27.9 Å². The van der Waals surface area contributed by atoms with Gasteiger partial charge in [0.05, 0.1) is 18.5 Å². The van der Waals surface area contributed by atoms with E-state index >= 15 is 0 Å². The first kappa shape index (κ1) is 15.7. The summed E-state index contributed by atoms with van der Waals surface area (Å²) in [4.78, 5) is 15.5. The molecule has 0 atom stereocenters. The lowest BCUT2D eigenvalue weighted by atomic mass is 10.2. The van der Waals surface area contributed by atoms with Gasteiger partial charge in [0.1, 0.15) is 5.56 Å². The zero-order chi connectivity index (χ0) is 15.2. The summed E-state index contributed by atoms with van der Waals surface area (Å²) in [6.07, 6.45) is 2.60. The Hall–Kier alpha value is -1.66. The molecule has 2 heterocycles. The van der Waals surface area contributed by atoms with Gasteiger partial charge in [-0.05, 0) is 31.8 Å². The number of esters is 1. The average molecular weight is 307 g/mol. The van der Waals surface area contributed by atoms with Crippen LogP contribution in [-0.4, -0.2) is 40.8 Å². The Morgan fingerprint density at radius 2 is 2.33 bits per heavy atom. The molecule has 0 saturated heterocycles. The zero-order valence-electron chi connectivity index (χ0n) is 12.7. The summed E-state index contributed by atoms with van der Waals surface area (Å²) in [5.41, 5.74) is 1.45. The van der Waals surface area contributed by atoms with E-state index in [1.807, 2.05) is 7.05 Å². The van der Waals surface area contributed by atoms with Crippen molar-refractivity contribution in [1.29, 1.82) is 0 Å². The summed E-state index contributed by atoms with van der Waals surface area (Å²) in [5.74, 6) is -0.299. The van der Waals surface area contributed by atoms with Crippen molar-refractivity contribution in [2.24, 2.45) is 7.05 Å². The topological polar surface area (TPSA) is 47.4 Å². The summed E-state index contributed by atoms with van der Waals surface area (Å²) < 4.78 is 6.82. The van der Waals surface area contributed by atoms with E-state index in [0.717, 1.165) is 18.7 Å². The number of hydrogen-bond acceptors (Lipinski definition) is 5. The molecule has 0 unspecified atom stereocenters. The molecule has 0 radical (unpaired) electrons. The normalized spacial score (nSPS) is 11.0. The minimum atomic E-state index is -0.299. The average Bonchev–Trinajstić information content (AvgIpc) is 3.08. The first-order valence-corrected chi connectivity index (χ1v) is 7.88. The van der Waals surface area contributed by atoms with Gasteiger partial charge in [-0.1, -0.05) is 6.07 Å². The maximum atomic E-state index is 11.9. The van der Waals surface area contributed by atoms with Gasteiger partial charge in [-0.3, -0.25) is 4.68 Å². The van der Waals surface area contributed by atoms with Crippen LogP contribution in [0.15, 0.2) is 23.7 Å². The molecule has 0 aromatic carbocycles. The summed E-state index contributed by atoms with van der Waals surface area (Å²) >= 11 is 1.77. The SMILES string of the molecule is CCOC(=O)c1cnn(C)c1CN(C)CCc1cccs1. The van der Waals surface area contributed by atoms with Gasteiger partial charge in [0.2, 0.25) is 0 Å². The molecule has 2 aromatic heterocycles. The third kappa shape index (κ3) is 4.15. The molecule has 0 amide bonds. The fraction of sp³-hybridized carbons (Fsp3) is 0.467. The van der Waals surface area contributed by atoms with Gasteiger partial charge in [-0.2, -0.15) is 5.10 Å². The van der Waals surface area contributed by atoms with Gasteiger partial charge in [0.15, 0.2) is 0 Å². The lowest BCUT2D eigenvalue weighted by Gasteiger charge is -2.17. The molecule has 5 nitrogen and oxygen atoms in total. The molecule has 0 spiro atoms.